The van der Waals surface area contributed by atoms with Crippen LogP contribution < -0.4 is 5.32 Å². The van der Waals surface area contributed by atoms with Crippen LogP contribution in [0.2, 0.25) is 0 Å². The van der Waals surface area contributed by atoms with E-state index in [1.54, 1.807) is 0 Å². The molecule has 0 aliphatic heterocycles. The van der Waals surface area contributed by atoms with Crippen LogP contribution in [0, 0.1) is 17.2 Å². The minimum Gasteiger partial charge on any atom is -0.318 e. The second-order valence-corrected chi connectivity index (χ2v) is 1.59. The molecule has 0 spiro atoms. The highest BCUT2D eigenvalue weighted by molar-refractivity contribution is 4.79. The molecule has 0 aliphatic rings. The molecule has 40 valence electrons. The molecule has 0 heterocycles. The van der Waals surface area contributed by atoms with Crippen molar-refractivity contribution in [3.05, 3.63) is 0 Å². The zero-order chi connectivity index (χ0) is 5.70. The molecule has 0 amide bonds. The fourth-order valence-corrected chi connectivity index (χ4v) is 0.352. The van der Waals surface area contributed by atoms with Crippen LogP contribution in [-0.4, -0.2) is 13.6 Å². The van der Waals surface area contributed by atoms with Gasteiger partial charge in [-0.2, -0.15) is 5.26 Å². The third-order valence-electron chi connectivity index (χ3n) is 0.731. The van der Waals surface area contributed by atoms with Crippen molar-refractivity contribution in [3.63, 3.8) is 0 Å². The van der Waals surface area contributed by atoms with Crippen molar-refractivity contribution in [1.82, 2.24) is 5.32 Å². The Morgan fingerprint density at radius 2 is 2.43 bits per heavy atom. The first-order valence-electron chi connectivity index (χ1n) is 2.35. The van der Waals surface area contributed by atoms with Gasteiger partial charge >= 0.3 is 0 Å². The number of nitrogens with one attached hydrogen (secondary N) is 1. The Labute approximate surface area is 44.1 Å². The monoisotopic (exact) mass is 98.1 g/mol. The second kappa shape index (κ2) is 3.63. The van der Waals surface area contributed by atoms with Gasteiger partial charge in [0, 0.05) is 6.54 Å². The van der Waals surface area contributed by atoms with Crippen LogP contribution in [0.15, 0.2) is 0 Å². The molecule has 0 saturated carbocycles. The van der Waals surface area contributed by atoms with Crippen LogP contribution in [0.25, 0.3) is 0 Å². The first kappa shape index (κ1) is 6.45. The quantitative estimate of drug-likeness (QED) is 0.541. The maximum Gasteiger partial charge on any atom is 0.0666 e. The van der Waals surface area contributed by atoms with Crippen LogP contribution in [0.1, 0.15) is 6.92 Å². The molecule has 0 unspecified atom stereocenters. The van der Waals surface area contributed by atoms with E-state index in [1.165, 1.54) is 0 Å². The lowest BCUT2D eigenvalue weighted by atomic mass is 10.2. The lowest BCUT2D eigenvalue weighted by Crippen LogP contribution is -2.14. The van der Waals surface area contributed by atoms with Crippen molar-refractivity contribution >= 4 is 0 Å². The molecule has 7 heavy (non-hydrogen) atoms. The van der Waals surface area contributed by atoms with Gasteiger partial charge in [-0.1, -0.05) is 0 Å². The van der Waals surface area contributed by atoms with Crippen molar-refractivity contribution in [2.24, 2.45) is 5.92 Å². The van der Waals surface area contributed by atoms with Crippen LogP contribution in [0.3, 0.4) is 0 Å². The Balaban J connectivity index is 3.04. The number of hydrogen-bond acceptors (Lipinski definition) is 2. The van der Waals surface area contributed by atoms with Gasteiger partial charge < -0.3 is 5.32 Å². The minimum atomic E-state index is 0.144. The molecule has 0 saturated heterocycles. The minimum absolute atomic E-state index is 0.144. The standard InChI is InChI=1S/C5H10N2/c1-5(3-6)4-7-2/h5,7H,4H2,1-2H3/t5-/m1/s1. The highest BCUT2D eigenvalue weighted by atomic mass is 14.8. The number of rotatable bonds is 2. The van der Waals surface area contributed by atoms with Gasteiger partial charge in [-0.15, -0.1) is 0 Å². The fourth-order valence-electron chi connectivity index (χ4n) is 0.352. The first-order valence-corrected chi connectivity index (χ1v) is 2.35. The van der Waals surface area contributed by atoms with Gasteiger partial charge in [0.25, 0.3) is 0 Å². The van der Waals surface area contributed by atoms with Gasteiger partial charge in [0.15, 0.2) is 0 Å². The summed E-state index contributed by atoms with van der Waals surface area (Å²) in [6.07, 6.45) is 0. The molecule has 0 aromatic heterocycles. The van der Waals surface area contributed by atoms with Gasteiger partial charge in [0.2, 0.25) is 0 Å². The summed E-state index contributed by atoms with van der Waals surface area (Å²) in [5.41, 5.74) is 0. The molecular formula is C5H10N2. The molecule has 0 fully saturated rings. The lowest BCUT2D eigenvalue weighted by Gasteiger charge is -1.95. The summed E-state index contributed by atoms with van der Waals surface area (Å²) >= 11 is 0. The summed E-state index contributed by atoms with van der Waals surface area (Å²) in [6.45, 7) is 2.67. The number of nitrogens with zero attached hydrogens (tertiary/aromatic N) is 1. The van der Waals surface area contributed by atoms with E-state index in [0.717, 1.165) is 6.54 Å². The molecular weight excluding hydrogens is 88.1 g/mol. The summed E-state index contributed by atoms with van der Waals surface area (Å²) in [5, 5.41) is 11.1. The highest BCUT2D eigenvalue weighted by Crippen LogP contribution is 1.84. The predicted octanol–water partition coefficient (Wildman–Crippen LogP) is 0.365. The Bertz CT molecular complexity index is 72.6. The summed E-state index contributed by atoms with van der Waals surface area (Å²) in [5.74, 6) is 0.144. The molecule has 2 nitrogen and oxygen atoms in total. The van der Waals surface area contributed by atoms with E-state index >= 15 is 0 Å². The van der Waals surface area contributed by atoms with E-state index in [1.807, 2.05) is 14.0 Å². The average molecular weight is 98.1 g/mol. The molecule has 0 radical (unpaired) electrons. The highest BCUT2D eigenvalue weighted by Gasteiger charge is 1.92. The molecule has 0 aromatic rings. The van der Waals surface area contributed by atoms with Gasteiger partial charge in [-0.3, -0.25) is 0 Å². The van der Waals surface area contributed by atoms with Crippen LogP contribution in [-0.2, 0) is 0 Å². The van der Waals surface area contributed by atoms with E-state index in [-0.39, 0.29) is 5.92 Å². The van der Waals surface area contributed by atoms with Crippen molar-refractivity contribution in [2.75, 3.05) is 13.6 Å². The van der Waals surface area contributed by atoms with Crippen LogP contribution >= 0.6 is 0 Å². The van der Waals surface area contributed by atoms with Crippen LogP contribution in [0.4, 0.5) is 0 Å². The van der Waals surface area contributed by atoms with Gasteiger partial charge in [-0.05, 0) is 14.0 Å². The molecule has 0 bridgehead atoms. The maximum absolute atomic E-state index is 8.18. The molecule has 0 aliphatic carbocycles. The molecule has 0 aromatic carbocycles. The zero-order valence-electron chi connectivity index (χ0n) is 4.73. The average Bonchev–Trinajstić information content (AvgIpc) is 1.68. The fraction of sp³-hybridized carbons (Fsp3) is 0.800. The molecule has 1 N–H and O–H groups in total. The first-order chi connectivity index (χ1) is 3.31. The van der Waals surface area contributed by atoms with Crippen molar-refractivity contribution in [2.45, 2.75) is 6.92 Å². The van der Waals surface area contributed by atoms with E-state index in [9.17, 15) is 0 Å². The van der Waals surface area contributed by atoms with Gasteiger partial charge in [0.1, 0.15) is 0 Å². The summed E-state index contributed by atoms with van der Waals surface area (Å²) in [4.78, 5) is 0. The van der Waals surface area contributed by atoms with Gasteiger partial charge in [-0.25, -0.2) is 0 Å². The maximum atomic E-state index is 8.18. The molecule has 2 heteroatoms. The summed E-state index contributed by atoms with van der Waals surface area (Å²) < 4.78 is 0. The lowest BCUT2D eigenvalue weighted by molar-refractivity contribution is 0.661. The summed E-state index contributed by atoms with van der Waals surface area (Å²) in [7, 11) is 1.84. The van der Waals surface area contributed by atoms with Crippen LogP contribution in [0.5, 0.6) is 0 Å². The number of hydrogen-bond donors (Lipinski definition) is 1. The Morgan fingerprint density at radius 1 is 1.86 bits per heavy atom. The number of nitriles is 1. The smallest absolute Gasteiger partial charge is 0.0666 e. The predicted molar refractivity (Wildman–Crippen MR) is 28.7 cm³/mol. The Morgan fingerprint density at radius 3 is 2.57 bits per heavy atom. The zero-order valence-corrected chi connectivity index (χ0v) is 4.73. The van der Waals surface area contributed by atoms with E-state index in [2.05, 4.69) is 11.4 Å². The second-order valence-electron chi connectivity index (χ2n) is 1.59. The van der Waals surface area contributed by atoms with Crippen molar-refractivity contribution in [3.8, 4) is 6.07 Å². The summed E-state index contributed by atoms with van der Waals surface area (Å²) in [6, 6.07) is 2.10. The third-order valence-corrected chi connectivity index (χ3v) is 0.731. The van der Waals surface area contributed by atoms with E-state index in [4.69, 9.17) is 5.26 Å². The Hall–Kier alpha value is -0.550. The van der Waals surface area contributed by atoms with Gasteiger partial charge in [0.05, 0.1) is 12.0 Å². The van der Waals surface area contributed by atoms with E-state index < -0.39 is 0 Å². The third kappa shape index (κ3) is 3.28. The molecule has 1 atom stereocenters. The SMILES string of the molecule is CNC[C@H](C)C#N. The normalized spacial score (nSPS) is 12.7. The molecule has 0 rings (SSSR count). The Kier molecular flexibility index (Phi) is 3.35. The largest absolute Gasteiger partial charge is 0.318 e. The van der Waals surface area contributed by atoms with E-state index in [0.29, 0.717) is 0 Å². The van der Waals surface area contributed by atoms with Crippen molar-refractivity contribution in [1.29, 1.82) is 5.26 Å². The van der Waals surface area contributed by atoms with Crippen molar-refractivity contribution < 1.29 is 0 Å². The topological polar surface area (TPSA) is 35.8 Å².